The smallest absolute Gasteiger partial charge is 0.274 e. The minimum atomic E-state index is -0.255. The van der Waals surface area contributed by atoms with Gasteiger partial charge in [0, 0.05) is 18.0 Å². The summed E-state index contributed by atoms with van der Waals surface area (Å²) in [5.74, 6) is 1.07. The standard InChI is InChI=1S/C18H22N2O3/c1-3-11-22-16-9-8-14(13-17(16)23-12-4-2)20-18(21)15-7-5-6-10-19-15/h5-10,13H,3-4,11-12H2,1-2H3,(H,20,21). The predicted molar refractivity (Wildman–Crippen MR) is 90.2 cm³/mol. The van der Waals surface area contributed by atoms with Gasteiger partial charge in [0.2, 0.25) is 0 Å². The van der Waals surface area contributed by atoms with Crippen molar-refractivity contribution in [3.63, 3.8) is 0 Å². The van der Waals surface area contributed by atoms with Crippen molar-refractivity contribution < 1.29 is 14.3 Å². The van der Waals surface area contributed by atoms with Crippen LogP contribution in [0.3, 0.4) is 0 Å². The first-order chi connectivity index (χ1) is 11.2. The molecule has 0 atom stereocenters. The highest BCUT2D eigenvalue weighted by atomic mass is 16.5. The zero-order valence-electron chi connectivity index (χ0n) is 13.5. The van der Waals surface area contributed by atoms with Crippen molar-refractivity contribution in [2.75, 3.05) is 18.5 Å². The Bertz CT molecular complexity index is 629. The summed E-state index contributed by atoms with van der Waals surface area (Å²) in [6.07, 6.45) is 3.41. The van der Waals surface area contributed by atoms with Crippen molar-refractivity contribution in [2.45, 2.75) is 26.7 Å². The molecule has 1 amide bonds. The molecule has 0 bridgehead atoms. The summed E-state index contributed by atoms with van der Waals surface area (Å²) in [4.78, 5) is 16.2. The maximum absolute atomic E-state index is 12.2. The summed E-state index contributed by atoms with van der Waals surface area (Å²) >= 11 is 0. The van der Waals surface area contributed by atoms with Crippen molar-refractivity contribution in [1.29, 1.82) is 0 Å². The van der Waals surface area contributed by atoms with E-state index >= 15 is 0 Å². The number of pyridine rings is 1. The quantitative estimate of drug-likeness (QED) is 0.802. The van der Waals surface area contributed by atoms with Gasteiger partial charge in [-0.3, -0.25) is 9.78 Å². The molecule has 0 aliphatic heterocycles. The van der Waals surface area contributed by atoms with Crippen LogP contribution in [-0.4, -0.2) is 24.1 Å². The van der Waals surface area contributed by atoms with Crippen LogP contribution in [-0.2, 0) is 0 Å². The number of nitrogens with one attached hydrogen (secondary N) is 1. The zero-order valence-corrected chi connectivity index (χ0v) is 13.5. The second-order valence-electron chi connectivity index (χ2n) is 5.03. The summed E-state index contributed by atoms with van der Waals surface area (Å²) in [6.45, 7) is 5.32. The number of benzene rings is 1. The number of ether oxygens (including phenoxy) is 2. The molecule has 0 unspecified atom stereocenters. The number of rotatable bonds is 8. The molecule has 0 spiro atoms. The fraction of sp³-hybridized carbons (Fsp3) is 0.333. The van der Waals surface area contributed by atoms with E-state index in [9.17, 15) is 4.79 Å². The van der Waals surface area contributed by atoms with Crippen LogP contribution in [0.4, 0.5) is 5.69 Å². The molecule has 0 saturated carbocycles. The lowest BCUT2D eigenvalue weighted by Crippen LogP contribution is -2.13. The molecule has 5 heteroatoms. The molecule has 1 heterocycles. The Morgan fingerprint density at radius 2 is 1.78 bits per heavy atom. The van der Waals surface area contributed by atoms with Gasteiger partial charge in [0.05, 0.1) is 13.2 Å². The van der Waals surface area contributed by atoms with Gasteiger partial charge in [0.25, 0.3) is 5.91 Å². The van der Waals surface area contributed by atoms with Gasteiger partial charge < -0.3 is 14.8 Å². The first kappa shape index (κ1) is 16.8. The van der Waals surface area contributed by atoms with Gasteiger partial charge in [0.15, 0.2) is 11.5 Å². The number of hydrogen-bond donors (Lipinski definition) is 1. The highest BCUT2D eigenvalue weighted by Gasteiger charge is 2.10. The second kappa shape index (κ2) is 8.78. The number of carbonyl (C=O) groups is 1. The molecule has 0 aliphatic rings. The van der Waals surface area contributed by atoms with Crippen LogP contribution in [0.1, 0.15) is 37.2 Å². The van der Waals surface area contributed by atoms with E-state index in [0.29, 0.717) is 36.1 Å². The molecule has 122 valence electrons. The molecule has 0 radical (unpaired) electrons. The van der Waals surface area contributed by atoms with Crippen LogP contribution < -0.4 is 14.8 Å². The van der Waals surface area contributed by atoms with Crippen LogP contribution >= 0.6 is 0 Å². The van der Waals surface area contributed by atoms with E-state index in [4.69, 9.17) is 9.47 Å². The van der Waals surface area contributed by atoms with Gasteiger partial charge in [-0.1, -0.05) is 19.9 Å². The minimum absolute atomic E-state index is 0.255. The monoisotopic (exact) mass is 314 g/mol. The Morgan fingerprint density at radius 3 is 2.43 bits per heavy atom. The minimum Gasteiger partial charge on any atom is -0.490 e. The molecule has 1 aromatic carbocycles. The molecule has 2 rings (SSSR count). The van der Waals surface area contributed by atoms with Crippen molar-refractivity contribution >= 4 is 11.6 Å². The van der Waals surface area contributed by atoms with Crippen LogP contribution in [0.2, 0.25) is 0 Å². The highest BCUT2D eigenvalue weighted by molar-refractivity contribution is 6.02. The van der Waals surface area contributed by atoms with E-state index in [1.807, 2.05) is 19.9 Å². The third-order valence-electron chi connectivity index (χ3n) is 3.02. The topological polar surface area (TPSA) is 60.5 Å². The van der Waals surface area contributed by atoms with Crippen LogP contribution in [0.5, 0.6) is 11.5 Å². The third-order valence-corrected chi connectivity index (χ3v) is 3.02. The van der Waals surface area contributed by atoms with E-state index in [1.54, 1.807) is 36.5 Å². The fourth-order valence-corrected chi connectivity index (χ4v) is 1.93. The lowest BCUT2D eigenvalue weighted by molar-refractivity contribution is 0.102. The summed E-state index contributed by atoms with van der Waals surface area (Å²) < 4.78 is 11.4. The molecular weight excluding hydrogens is 292 g/mol. The van der Waals surface area contributed by atoms with Gasteiger partial charge in [-0.15, -0.1) is 0 Å². The van der Waals surface area contributed by atoms with Crippen LogP contribution in [0, 0.1) is 0 Å². The van der Waals surface area contributed by atoms with Crippen molar-refractivity contribution in [1.82, 2.24) is 4.98 Å². The average molecular weight is 314 g/mol. The maximum atomic E-state index is 12.2. The third kappa shape index (κ3) is 4.98. The van der Waals surface area contributed by atoms with E-state index in [1.165, 1.54) is 0 Å². The molecule has 0 aliphatic carbocycles. The van der Waals surface area contributed by atoms with E-state index in [-0.39, 0.29) is 5.91 Å². The molecule has 23 heavy (non-hydrogen) atoms. The fourth-order valence-electron chi connectivity index (χ4n) is 1.93. The number of nitrogens with zero attached hydrogens (tertiary/aromatic N) is 1. The van der Waals surface area contributed by atoms with E-state index in [0.717, 1.165) is 12.8 Å². The average Bonchev–Trinajstić information content (AvgIpc) is 2.59. The molecule has 5 nitrogen and oxygen atoms in total. The van der Waals surface area contributed by atoms with Gasteiger partial charge in [-0.25, -0.2) is 0 Å². The highest BCUT2D eigenvalue weighted by Crippen LogP contribution is 2.31. The normalized spacial score (nSPS) is 10.2. The number of carbonyl (C=O) groups excluding carboxylic acids is 1. The van der Waals surface area contributed by atoms with Crippen LogP contribution in [0.15, 0.2) is 42.6 Å². The molecule has 2 aromatic rings. The van der Waals surface area contributed by atoms with Crippen molar-refractivity contribution in [3.8, 4) is 11.5 Å². The lowest BCUT2D eigenvalue weighted by Gasteiger charge is -2.14. The van der Waals surface area contributed by atoms with Gasteiger partial charge >= 0.3 is 0 Å². The largest absolute Gasteiger partial charge is 0.490 e. The Morgan fingerprint density at radius 1 is 1.04 bits per heavy atom. The van der Waals surface area contributed by atoms with Gasteiger partial charge in [-0.2, -0.15) is 0 Å². The maximum Gasteiger partial charge on any atom is 0.274 e. The number of amides is 1. The molecule has 0 fully saturated rings. The van der Waals surface area contributed by atoms with E-state index < -0.39 is 0 Å². The first-order valence-corrected chi connectivity index (χ1v) is 7.86. The summed E-state index contributed by atoms with van der Waals surface area (Å²) in [5.41, 5.74) is 1.02. The van der Waals surface area contributed by atoms with Crippen LogP contribution in [0.25, 0.3) is 0 Å². The Labute approximate surface area is 136 Å². The molecule has 0 saturated heterocycles. The van der Waals surface area contributed by atoms with Crippen molar-refractivity contribution in [2.24, 2.45) is 0 Å². The lowest BCUT2D eigenvalue weighted by atomic mass is 10.2. The Hall–Kier alpha value is -2.56. The summed E-state index contributed by atoms with van der Waals surface area (Å²) in [5, 5.41) is 2.82. The second-order valence-corrected chi connectivity index (χ2v) is 5.03. The SMILES string of the molecule is CCCOc1ccc(NC(=O)c2ccccn2)cc1OCCC. The van der Waals surface area contributed by atoms with Gasteiger partial charge in [-0.05, 0) is 37.1 Å². The molecular formula is C18H22N2O3. The number of anilines is 1. The summed E-state index contributed by atoms with van der Waals surface area (Å²) in [6, 6.07) is 10.6. The van der Waals surface area contributed by atoms with E-state index in [2.05, 4.69) is 10.3 Å². The number of hydrogen-bond acceptors (Lipinski definition) is 4. The zero-order chi connectivity index (χ0) is 16.5. The van der Waals surface area contributed by atoms with Gasteiger partial charge in [0.1, 0.15) is 5.69 Å². The number of aromatic nitrogens is 1. The first-order valence-electron chi connectivity index (χ1n) is 7.86. The molecule has 1 N–H and O–H groups in total. The summed E-state index contributed by atoms with van der Waals surface area (Å²) in [7, 11) is 0. The van der Waals surface area contributed by atoms with Crippen molar-refractivity contribution in [3.05, 3.63) is 48.3 Å². The Kier molecular flexibility index (Phi) is 6.41. The molecule has 1 aromatic heterocycles. The predicted octanol–water partition coefficient (Wildman–Crippen LogP) is 3.91. The Balaban J connectivity index is 2.13.